The molecular formula is C15H14F3N3O2. The number of aliphatic hydroxyl groups excluding tert-OH is 1. The van der Waals surface area contributed by atoms with Crippen LogP contribution in [0.5, 0.6) is 0 Å². The quantitative estimate of drug-likeness (QED) is 0.891. The molecule has 122 valence electrons. The number of hydrogen-bond acceptors (Lipinski definition) is 3. The third-order valence-electron chi connectivity index (χ3n) is 3.88. The molecule has 2 atom stereocenters. The number of nitrogens with one attached hydrogen (secondary N) is 1. The molecule has 0 spiro atoms. The van der Waals surface area contributed by atoms with E-state index in [2.05, 4.69) is 10.2 Å². The highest BCUT2D eigenvalue weighted by molar-refractivity contribution is 5.94. The van der Waals surface area contributed by atoms with E-state index in [-0.39, 0.29) is 18.9 Å². The standard InChI is InChI=1S/C15H14F3N3O2/c16-15(17,18)11-3-1-2-9(4-11)13-5-12(22)8-21(13)14(23)10-6-19-20-7-10/h1-4,6-7,12-13,22H,5,8H2,(H,19,20)/t12-,13+/m0/s1. The molecule has 0 radical (unpaired) electrons. The molecule has 1 aromatic heterocycles. The van der Waals surface area contributed by atoms with E-state index in [1.807, 2.05) is 0 Å². The topological polar surface area (TPSA) is 69.2 Å². The maximum absolute atomic E-state index is 12.9. The van der Waals surface area contributed by atoms with Crippen molar-refractivity contribution < 1.29 is 23.1 Å². The van der Waals surface area contributed by atoms with Gasteiger partial charge in [0.2, 0.25) is 0 Å². The number of benzene rings is 1. The predicted molar refractivity (Wildman–Crippen MR) is 74.4 cm³/mol. The van der Waals surface area contributed by atoms with Gasteiger partial charge >= 0.3 is 6.18 Å². The first-order valence-corrected chi connectivity index (χ1v) is 7.01. The van der Waals surface area contributed by atoms with E-state index in [9.17, 15) is 23.1 Å². The number of nitrogens with zero attached hydrogens (tertiary/aromatic N) is 2. The van der Waals surface area contributed by atoms with Crippen molar-refractivity contribution in [2.24, 2.45) is 0 Å². The first-order valence-electron chi connectivity index (χ1n) is 7.01. The third-order valence-corrected chi connectivity index (χ3v) is 3.88. The van der Waals surface area contributed by atoms with Crippen LogP contribution in [0, 0.1) is 0 Å². The van der Waals surface area contributed by atoms with Crippen LogP contribution in [0.4, 0.5) is 13.2 Å². The summed E-state index contributed by atoms with van der Waals surface area (Å²) in [5, 5.41) is 16.1. The molecule has 1 amide bonds. The molecule has 1 aliphatic heterocycles. The molecule has 0 unspecified atom stereocenters. The average molecular weight is 325 g/mol. The molecule has 0 aliphatic carbocycles. The summed E-state index contributed by atoms with van der Waals surface area (Å²) in [5.74, 6) is -0.377. The van der Waals surface area contributed by atoms with Crippen LogP contribution in [-0.4, -0.2) is 38.8 Å². The largest absolute Gasteiger partial charge is 0.416 e. The van der Waals surface area contributed by atoms with E-state index < -0.39 is 23.9 Å². The van der Waals surface area contributed by atoms with Crippen molar-refractivity contribution in [3.8, 4) is 0 Å². The van der Waals surface area contributed by atoms with E-state index in [4.69, 9.17) is 0 Å². The van der Waals surface area contributed by atoms with Gasteiger partial charge in [-0.1, -0.05) is 12.1 Å². The number of aliphatic hydroxyl groups is 1. The van der Waals surface area contributed by atoms with Crippen molar-refractivity contribution in [3.63, 3.8) is 0 Å². The van der Waals surface area contributed by atoms with E-state index >= 15 is 0 Å². The summed E-state index contributed by atoms with van der Waals surface area (Å²) >= 11 is 0. The Kier molecular flexibility index (Phi) is 3.85. The zero-order valence-electron chi connectivity index (χ0n) is 11.9. The number of H-pyrrole nitrogens is 1. The molecule has 23 heavy (non-hydrogen) atoms. The van der Waals surface area contributed by atoms with Gasteiger partial charge in [0.1, 0.15) is 0 Å². The Hall–Kier alpha value is -2.35. The fraction of sp³-hybridized carbons (Fsp3) is 0.333. The normalized spacial score (nSPS) is 21.7. The lowest BCUT2D eigenvalue weighted by Gasteiger charge is -2.24. The van der Waals surface area contributed by atoms with Crippen molar-refractivity contribution in [1.82, 2.24) is 15.1 Å². The Bertz CT molecular complexity index is 700. The molecule has 1 saturated heterocycles. The lowest BCUT2D eigenvalue weighted by Crippen LogP contribution is -2.31. The maximum Gasteiger partial charge on any atom is 0.416 e. The van der Waals surface area contributed by atoms with Gasteiger partial charge in [-0.05, 0) is 24.1 Å². The summed E-state index contributed by atoms with van der Waals surface area (Å²) in [6, 6.07) is 4.25. The van der Waals surface area contributed by atoms with Gasteiger partial charge in [-0.3, -0.25) is 9.89 Å². The summed E-state index contributed by atoms with van der Waals surface area (Å²) in [6.45, 7) is 0.0743. The number of carbonyl (C=O) groups excluding carboxylic acids is 1. The van der Waals surface area contributed by atoms with E-state index in [1.165, 1.54) is 29.4 Å². The number of amides is 1. The Morgan fingerprint density at radius 3 is 2.83 bits per heavy atom. The average Bonchev–Trinajstić information content (AvgIpc) is 3.15. The molecule has 2 N–H and O–H groups in total. The minimum absolute atomic E-state index is 0.0743. The number of hydrogen-bond donors (Lipinski definition) is 2. The molecule has 2 heterocycles. The van der Waals surface area contributed by atoms with Gasteiger partial charge in [0.25, 0.3) is 5.91 Å². The molecule has 8 heteroatoms. The van der Waals surface area contributed by atoms with Crippen LogP contribution in [0.3, 0.4) is 0 Å². The van der Waals surface area contributed by atoms with Crippen molar-refractivity contribution in [3.05, 3.63) is 53.3 Å². The fourth-order valence-electron chi connectivity index (χ4n) is 2.81. The molecule has 0 saturated carbocycles. The molecule has 1 fully saturated rings. The maximum atomic E-state index is 12.9. The molecule has 5 nitrogen and oxygen atoms in total. The highest BCUT2D eigenvalue weighted by Crippen LogP contribution is 2.36. The number of aromatic amines is 1. The Labute approximate surface area is 129 Å². The predicted octanol–water partition coefficient (Wildman–Crippen LogP) is 2.38. The number of likely N-dealkylation sites (tertiary alicyclic amines) is 1. The number of halogens is 3. The third kappa shape index (κ3) is 3.07. The first-order chi connectivity index (χ1) is 10.9. The smallest absolute Gasteiger partial charge is 0.391 e. The van der Waals surface area contributed by atoms with Gasteiger partial charge in [0.05, 0.1) is 29.5 Å². The van der Waals surface area contributed by atoms with Gasteiger partial charge in [-0.2, -0.15) is 18.3 Å². The van der Waals surface area contributed by atoms with Gasteiger partial charge in [-0.15, -0.1) is 0 Å². The first kappa shape index (κ1) is 15.5. The van der Waals surface area contributed by atoms with Gasteiger partial charge in [-0.25, -0.2) is 0 Å². The monoisotopic (exact) mass is 325 g/mol. The summed E-state index contributed by atoms with van der Waals surface area (Å²) in [5.41, 5.74) is -0.114. The van der Waals surface area contributed by atoms with Crippen LogP contribution in [-0.2, 0) is 6.18 Å². The minimum atomic E-state index is -4.45. The van der Waals surface area contributed by atoms with Gasteiger partial charge in [0.15, 0.2) is 0 Å². The highest BCUT2D eigenvalue weighted by atomic mass is 19.4. The number of alkyl halides is 3. The molecule has 1 aliphatic rings. The van der Waals surface area contributed by atoms with Crippen LogP contribution < -0.4 is 0 Å². The van der Waals surface area contributed by atoms with Crippen LogP contribution in [0.15, 0.2) is 36.7 Å². The molecule has 3 rings (SSSR count). The number of rotatable bonds is 2. The Morgan fingerprint density at radius 1 is 1.39 bits per heavy atom. The second kappa shape index (κ2) is 5.69. The zero-order chi connectivity index (χ0) is 16.6. The summed E-state index contributed by atoms with van der Waals surface area (Å²) in [7, 11) is 0. The van der Waals surface area contributed by atoms with E-state index in [0.29, 0.717) is 11.1 Å². The summed E-state index contributed by atoms with van der Waals surface area (Å²) in [4.78, 5) is 13.8. The minimum Gasteiger partial charge on any atom is -0.391 e. The lowest BCUT2D eigenvalue weighted by atomic mass is 10.0. The molecule has 0 bridgehead atoms. The van der Waals surface area contributed by atoms with Crippen LogP contribution in [0.1, 0.15) is 33.9 Å². The van der Waals surface area contributed by atoms with Gasteiger partial charge in [0, 0.05) is 12.7 Å². The molecular weight excluding hydrogens is 311 g/mol. The molecule has 1 aromatic carbocycles. The van der Waals surface area contributed by atoms with Crippen molar-refractivity contribution in [2.75, 3.05) is 6.54 Å². The SMILES string of the molecule is O=C(c1cn[nH]c1)N1C[C@@H](O)C[C@@H]1c1cccc(C(F)(F)F)c1. The van der Waals surface area contributed by atoms with E-state index in [1.54, 1.807) is 0 Å². The van der Waals surface area contributed by atoms with Crippen LogP contribution >= 0.6 is 0 Å². The van der Waals surface area contributed by atoms with Crippen molar-refractivity contribution >= 4 is 5.91 Å². The number of β-amino-alcohol motifs (C(OH)–C–C–N with tert-alkyl or cyclic N) is 1. The van der Waals surface area contributed by atoms with Crippen LogP contribution in [0.25, 0.3) is 0 Å². The second-order valence-corrected chi connectivity index (χ2v) is 5.47. The lowest BCUT2D eigenvalue weighted by molar-refractivity contribution is -0.137. The second-order valence-electron chi connectivity index (χ2n) is 5.47. The number of aromatic nitrogens is 2. The molecule has 2 aromatic rings. The fourth-order valence-corrected chi connectivity index (χ4v) is 2.81. The van der Waals surface area contributed by atoms with Crippen molar-refractivity contribution in [1.29, 1.82) is 0 Å². The number of carbonyl (C=O) groups is 1. The highest BCUT2D eigenvalue weighted by Gasteiger charge is 2.37. The zero-order valence-corrected chi connectivity index (χ0v) is 11.9. The summed E-state index contributed by atoms with van der Waals surface area (Å²) < 4.78 is 38.6. The summed E-state index contributed by atoms with van der Waals surface area (Å²) in [6.07, 6.45) is -2.27. The van der Waals surface area contributed by atoms with E-state index in [0.717, 1.165) is 12.1 Å². The van der Waals surface area contributed by atoms with Crippen molar-refractivity contribution in [2.45, 2.75) is 24.7 Å². The van der Waals surface area contributed by atoms with Crippen LogP contribution in [0.2, 0.25) is 0 Å². The Morgan fingerprint density at radius 2 is 2.17 bits per heavy atom. The van der Waals surface area contributed by atoms with Gasteiger partial charge < -0.3 is 10.0 Å². The Balaban J connectivity index is 1.92.